The van der Waals surface area contributed by atoms with Crippen LogP contribution in [-0.2, 0) is 5.41 Å². The van der Waals surface area contributed by atoms with Crippen LogP contribution in [0.1, 0.15) is 38.8 Å². The first-order valence-corrected chi connectivity index (χ1v) is 5.49. The van der Waals surface area contributed by atoms with Crippen molar-refractivity contribution in [3.05, 3.63) is 35.1 Å². The summed E-state index contributed by atoms with van der Waals surface area (Å²) in [7, 11) is 0. The molecule has 0 aliphatic rings. The molecule has 0 nitrogen and oxygen atoms in total. The molecule has 0 saturated carbocycles. The second-order valence-corrected chi connectivity index (χ2v) is 4.11. The third-order valence-corrected chi connectivity index (χ3v) is 2.50. The van der Waals surface area contributed by atoms with Gasteiger partial charge in [0.15, 0.2) is 0 Å². The molecule has 0 aromatic heterocycles. The lowest BCUT2D eigenvalue weighted by atomic mass is 9.83. The Labute approximate surface area is 99.7 Å². The van der Waals surface area contributed by atoms with Crippen LogP contribution >= 0.6 is 0 Å². The smallest absolute Gasteiger partial charge is 0.207 e. The van der Waals surface area contributed by atoms with E-state index in [2.05, 4.69) is 0 Å². The maximum atomic E-state index is 13.3. The van der Waals surface area contributed by atoms with Crippen LogP contribution in [0.25, 0.3) is 0 Å². The fourth-order valence-electron chi connectivity index (χ4n) is 1.27. The molecule has 0 aliphatic heterocycles. The highest BCUT2D eigenvalue weighted by Gasteiger charge is 2.49. The van der Waals surface area contributed by atoms with E-state index in [1.54, 1.807) is 6.92 Å². The maximum absolute atomic E-state index is 13.3. The quantitative estimate of drug-likeness (QED) is 0.615. The van der Waals surface area contributed by atoms with Crippen molar-refractivity contribution in [1.29, 1.82) is 0 Å². The fraction of sp³-hybridized carbons (Fsp3) is 0.538. The molecule has 0 aliphatic carbocycles. The van der Waals surface area contributed by atoms with E-state index < -0.39 is 17.4 Å². The van der Waals surface area contributed by atoms with Gasteiger partial charge in [0, 0.05) is 5.56 Å². The minimum absolute atomic E-state index is 0.310. The Kier molecular flexibility index (Phi) is 5.17. The van der Waals surface area contributed by atoms with Gasteiger partial charge in [0.05, 0.1) is 5.41 Å². The zero-order chi connectivity index (χ0) is 13.9. The largest absolute Gasteiger partial charge is 0.398 e. The van der Waals surface area contributed by atoms with Crippen LogP contribution in [-0.4, -0.2) is 6.18 Å². The van der Waals surface area contributed by atoms with Crippen molar-refractivity contribution in [2.75, 3.05) is 0 Å². The fourth-order valence-corrected chi connectivity index (χ4v) is 1.27. The second kappa shape index (κ2) is 5.52. The molecule has 1 aromatic carbocycles. The van der Waals surface area contributed by atoms with Crippen LogP contribution in [0, 0.1) is 12.7 Å². The summed E-state index contributed by atoms with van der Waals surface area (Å²) in [6.45, 7) is 7.59. The van der Waals surface area contributed by atoms with Crippen LogP contribution in [0.4, 0.5) is 17.6 Å². The van der Waals surface area contributed by atoms with Crippen molar-refractivity contribution in [1.82, 2.24) is 0 Å². The van der Waals surface area contributed by atoms with Crippen molar-refractivity contribution in [2.24, 2.45) is 0 Å². The van der Waals surface area contributed by atoms with Crippen molar-refractivity contribution < 1.29 is 17.6 Å². The Morgan fingerprint density at radius 1 is 1.00 bits per heavy atom. The first-order chi connectivity index (χ1) is 7.66. The third-order valence-electron chi connectivity index (χ3n) is 2.50. The number of benzene rings is 1. The molecule has 0 radical (unpaired) electrons. The lowest BCUT2D eigenvalue weighted by Gasteiger charge is -2.28. The first kappa shape index (κ1) is 15.9. The summed E-state index contributed by atoms with van der Waals surface area (Å²) in [4.78, 5) is 0. The minimum atomic E-state index is -4.46. The van der Waals surface area contributed by atoms with Gasteiger partial charge in [-0.25, -0.2) is 4.39 Å². The highest BCUT2D eigenvalue weighted by Crippen LogP contribution is 2.41. The number of aryl methyl sites for hydroxylation is 1. The number of alkyl halides is 3. The van der Waals surface area contributed by atoms with E-state index in [0.29, 0.717) is 5.56 Å². The van der Waals surface area contributed by atoms with Crippen LogP contribution < -0.4 is 0 Å². The van der Waals surface area contributed by atoms with E-state index in [0.717, 1.165) is 19.9 Å². The number of rotatable bonds is 1. The molecule has 0 heterocycles. The molecule has 0 amide bonds. The molecule has 4 heteroatoms. The average Bonchev–Trinajstić information content (AvgIpc) is 2.23. The molecule has 0 fully saturated rings. The molecular weight excluding hydrogens is 232 g/mol. The van der Waals surface area contributed by atoms with Crippen molar-refractivity contribution in [2.45, 2.75) is 46.2 Å². The van der Waals surface area contributed by atoms with E-state index in [1.165, 1.54) is 12.1 Å². The van der Waals surface area contributed by atoms with Gasteiger partial charge in [0.1, 0.15) is 5.82 Å². The number of halogens is 4. The highest BCUT2D eigenvalue weighted by atomic mass is 19.4. The average molecular weight is 250 g/mol. The Morgan fingerprint density at radius 3 is 1.88 bits per heavy atom. The summed E-state index contributed by atoms with van der Waals surface area (Å²) in [5.74, 6) is -0.817. The number of hydrogen-bond donors (Lipinski definition) is 0. The van der Waals surface area contributed by atoms with E-state index in [1.807, 2.05) is 13.8 Å². The Balaban J connectivity index is 0.00000121. The van der Waals surface area contributed by atoms with Gasteiger partial charge in [-0.1, -0.05) is 31.5 Å². The Morgan fingerprint density at radius 2 is 1.47 bits per heavy atom. The zero-order valence-corrected chi connectivity index (χ0v) is 10.7. The Hall–Kier alpha value is -1.06. The summed E-state index contributed by atoms with van der Waals surface area (Å²) < 4.78 is 51.3. The minimum Gasteiger partial charge on any atom is -0.207 e. The summed E-state index contributed by atoms with van der Waals surface area (Å²) in [6.07, 6.45) is -4.46. The molecule has 0 saturated heterocycles. The number of hydrogen-bond acceptors (Lipinski definition) is 0. The van der Waals surface area contributed by atoms with Gasteiger partial charge in [0.25, 0.3) is 0 Å². The summed E-state index contributed by atoms with van der Waals surface area (Å²) in [5.41, 5.74) is -1.86. The molecule has 0 N–H and O–H groups in total. The van der Waals surface area contributed by atoms with E-state index in [4.69, 9.17) is 0 Å². The van der Waals surface area contributed by atoms with Gasteiger partial charge in [-0.05, 0) is 26.8 Å². The normalized spacial score (nSPS) is 11.8. The maximum Gasteiger partial charge on any atom is 0.398 e. The van der Waals surface area contributed by atoms with Gasteiger partial charge in [-0.3, -0.25) is 0 Å². The van der Waals surface area contributed by atoms with Crippen LogP contribution in [0.15, 0.2) is 18.2 Å². The van der Waals surface area contributed by atoms with E-state index >= 15 is 0 Å². The molecule has 98 valence electrons. The molecule has 0 atom stereocenters. The summed E-state index contributed by atoms with van der Waals surface area (Å²) in [5, 5.41) is 0. The van der Waals surface area contributed by atoms with Gasteiger partial charge in [0.2, 0.25) is 0 Å². The molecule has 0 bridgehead atoms. The van der Waals surface area contributed by atoms with E-state index in [9.17, 15) is 17.6 Å². The van der Waals surface area contributed by atoms with Gasteiger partial charge >= 0.3 is 6.18 Å². The molecule has 0 spiro atoms. The van der Waals surface area contributed by atoms with Gasteiger partial charge in [-0.2, -0.15) is 13.2 Å². The second-order valence-electron chi connectivity index (χ2n) is 4.11. The van der Waals surface area contributed by atoms with Crippen molar-refractivity contribution in [3.8, 4) is 0 Å². The topological polar surface area (TPSA) is 0 Å². The predicted molar refractivity (Wildman–Crippen MR) is 61.6 cm³/mol. The Bertz CT molecular complexity index is 364. The lowest BCUT2D eigenvalue weighted by molar-refractivity contribution is -0.180. The lowest BCUT2D eigenvalue weighted by Crippen LogP contribution is -2.37. The molecule has 17 heavy (non-hydrogen) atoms. The molecular formula is C13H18F4. The van der Waals surface area contributed by atoms with Gasteiger partial charge < -0.3 is 0 Å². The zero-order valence-electron chi connectivity index (χ0n) is 10.7. The van der Waals surface area contributed by atoms with Crippen molar-refractivity contribution >= 4 is 0 Å². The molecule has 1 aromatic rings. The van der Waals surface area contributed by atoms with Crippen molar-refractivity contribution in [3.63, 3.8) is 0 Å². The summed E-state index contributed by atoms with van der Waals surface area (Å²) >= 11 is 0. The molecule has 1 rings (SSSR count). The third kappa shape index (κ3) is 3.45. The van der Waals surface area contributed by atoms with Crippen LogP contribution in [0.3, 0.4) is 0 Å². The van der Waals surface area contributed by atoms with Crippen LogP contribution in [0.5, 0.6) is 0 Å². The SMILES string of the molecule is CC.Cc1ccc(F)c(C(C)(C)C(F)(F)F)c1. The van der Waals surface area contributed by atoms with Gasteiger partial charge in [-0.15, -0.1) is 0 Å². The van der Waals surface area contributed by atoms with Crippen LogP contribution in [0.2, 0.25) is 0 Å². The molecule has 0 unspecified atom stereocenters. The highest BCUT2D eigenvalue weighted by molar-refractivity contribution is 5.31. The van der Waals surface area contributed by atoms with E-state index in [-0.39, 0.29) is 5.56 Å². The first-order valence-electron chi connectivity index (χ1n) is 5.49. The summed E-state index contributed by atoms with van der Waals surface area (Å²) in [6, 6.07) is 3.76. The predicted octanol–water partition coefficient (Wildman–Crippen LogP) is 5.00. The standard InChI is InChI=1S/C11H12F4.C2H6/c1-7-4-5-9(12)8(6-7)10(2,3)11(13,14)15;1-2/h4-6H,1-3H3;1-2H3. The monoisotopic (exact) mass is 250 g/mol.